The van der Waals surface area contributed by atoms with E-state index in [0.29, 0.717) is 4.77 Å². The quantitative estimate of drug-likeness (QED) is 0.445. The SMILES string of the molecule is S=c1nc(-c2cccc3c2oc2ccccc23)cc2cc[nH]n12. The van der Waals surface area contributed by atoms with Crippen LogP contribution in [0.25, 0.3) is 38.7 Å². The van der Waals surface area contributed by atoms with Gasteiger partial charge in [0.15, 0.2) is 0 Å². The molecule has 23 heavy (non-hydrogen) atoms. The Morgan fingerprint density at radius 3 is 2.83 bits per heavy atom. The first-order valence-electron chi connectivity index (χ1n) is 7.29. The molecule has 4 nitrogen and oxygen atoms in total. The number of rotatable bonds is 1. The van der Waals surface area contributed by atoms with Crippen molar-refractivity contribution in [2.45, 2.75) is 0 Å². The van der Waals surface area contributed by atoms with Crippen LogP contribution in [0.3, 0.4) is 0 Å². The summed E-state index contributed by atoms with van der Waals surface area (Å²) in [6.45, 7) is 0. The van der Waals surface area contributed by atoms with Gasteiger partial charge in [-0.2, -0.15) is 0 Å². The molecule has 0 unspecified atom stereocenters. The Kier molecular flexibility index (Phi) is 2.49. The number of hydrogen-bond donors (Lipinski definition) is 1. The summed E-state index contributed by atoms with van der Waals surface area (Å²) in [4.78, 5) is 4.55. The predicted molar refractivity (Wildman–Crippen MR) is 93.1 cm³/mol. The lowest BCUT2D eigenvalue weighted by Gasteiger charge is -2.03. The van der Waals surface area contributed by atoms with Crippen molar-refractivity contribution in [3.05, 3.63) is 65.6 Å². The Balaban J connectivity index is 1.89. The molecule has 110 valence electrons. The first-order valence-corrected chi connectivity index (χ1v) is 7.70. The van der Waals surface area contributed by atoms with Gasteiger partial charge in [0.25, 0.3) is 0 Å². The fraction of sp³-hybridized carbons (Fsp3) is 0. The molecule has 3 aromatic heterocycles. The Morgan fingerprint density at radius 2 is 1.87 bits per heavy atom. The fourth-order valence-corrected chi connectivity index (χ4v) is 3.29. The molecule has 0 amide bonds. The van der Waals surface area contributed by atoms with Crippen molar-refractivity contribution in [3.8, 4) is 11.3 Å². The van der Waals surface area contributed by atoms with E-state index in [0.717, 1.165) is 38.7 Å². The molecule has 5 rings (SSSR count). The number of H-pyrrole nitrogens is 1. The fourth-order valence-electron chi connectivity index (χ4n) is 3.04. The molecule has 0 fully saturated rings. The molecule has 0 aliphatic carbocycles. The number of aromatic nitrogens is 3. The summed E-state index contributed by atoms with van der Waals surface area (Å²) in [7, 11) is 0. The van der Waals surface area contributed by atoms with Gasteiger partial charge in [-0.25, -0.2) is 9.50 Å². The number of benzene rings is 2. The van der Waals surface area contributed by atoms with Gasteiger partial charge in [-0.15, -0.1) is 0 Å². The zero-order chi connectivity index (χ0) is 15.4. The highest BCUT2D eigenvalue weighted by atomic mass is 32.1. The van der Waals surface area contributed by atoms with Crippen molar-refractivity contribution in [3.63, 3.8) is 0 Å². The number of hydrogen-bond acceptors (Lipinski definition) is 3. The molecule has 0 atom stereocenters. The van der Waals surface area contributed by atoms with Crippen molar-refractivity contribution in [2.75, 3.05) is 0 Å². The van der Waals surface area contributed by atoms with E-state index in [1.165, 1.54) is 0 Å². The van der Waals surface area contributed by atoms with Crippen molar-refractivity contribution >= 4 is 39.7 Å². The van der Waals surface area contributed by atoms with E-state index in [2.05, 4.69) is 22.2 Å². The average molecular weight is 317 g/mol. The Hall–Kier alpha value is -2.92. The highest BCUT2D eigenvalue weighted by Gasteiger charge is 2.13. The van der Waals surface area contributed by atoms with Crippen LogP contribution < -0.4 is 0 Å². The van der Waals surface area contributed by atoms with Gasteiger partial charge < -0.3 is 4.42 Å². The van der Waals surface area contributed by atoms with E-state index >= 15 is 0 Å². The molecule has 0 radical (unpaired) electrons. The summed E-state index contributed by atoms with van der Waals surface area (Å²) in [6.07, 6.45) is 1.85. The van der Waals surface area contributed by atoms with Crippen LogP contribution in [-0.4, -0.2) is 14.6 Å². The normalized spacial score (nSPS) is 11.7. The molecule has 1 N–H and O–H groups in total. The Labute approximate surface area is 136 Å². The number of nitrogens with zero attached hydrogens (tertiary/aromatic N) is 2. The maximum Gasteiger partial charge on any atom is 0.219 e. The van der Waals surface area contributed by atoms with Gasteiger partial charge in [0.1, 0.15) is 11.2 Å². The smallest absolute Gasteiger partial charge is 0.219 e. The summed E-state index contributed by atoms with van der Waals surface area (Å²) < 4.78 is 8.35. The molecule has 5 heteroatoms. The number of furan rings is 1. The molecule has 2 aromatic carbocycles. The molecule has 0 saturated heterocycles. The van der Waals surface area contributed by atoms with Gasteiger partial charge in [-0.05, 0) is 36.5 Å². The van der Waals surface area contributed by atoms with Crippen molar-refractivity contribution < 1.29 is 4.42 Å². The summed E-state index contributed by atoms with van der Waals surface area (Å²) in [5.41, 5.74) is 4.47. The maximum atomic E-state index is 6.08. The third-order valence-electron chi connectivity index (χ3n) is 4.09. The highest BCUT2D eigenvalue weighted by molar-refractivity contribution is 7.71. The largest absolute Gasteiger partial charge is 0.455 e. The number of para-hydroxylation sites is 2. The number of fused-ring (bicyclic) bond motifs is 4. The molecule has 0 spiro atoms. The third-order valence-corrected chi connectivity index (χ3v) is 4.36. The zero-order valence-electron chi connectivity index (χ0n) is 12.0. The van der Waals surface area contributed by atoms with Crippen LogP contribution in [0.4, 0.5) is 0 Å². The van der Waals surface area contributed by atoms with Gasteiger partial charge in [-0.3, -0.25) is 5.10 Å². The molecule has 0 aliphatic heterocycles. The van der Waals surface area contributed by atoms with Crippen LogP contribution in [-0.2, 0) is 0 Å². The monoisotopic (exact) mass is 317 g/mol. The van der Waals surface area contributed by atoms with Gasteiger partial charge in [0, 0.05) is 22.5 Å². The Bertz CT molecular complexity index is 1250. The maximum absolute atomic E-state index is 6.08. The summed E-state index contributed by atoms with van der Waals surface area (Å²) in [6, 6.07) is 18.2. The highest BCUT2D eigenvalue weighted by Crippen LogP contribution is 2.35. The van der Waals surface area contributed by atoms with Gasteiger partial charge >= 0.3 is 0 Å². The van der Waals surface area contributed by atoms with E-state index in [-0.39, 0.29) is 0 Å². The lowest BCUT2D eigenvalue weighted by Crippen LogP contribution is -1.94. The molecule has 5 aromatic rings. The van der Waals surface area contributed by atoms with Crippen molar-refractivity contribution in [1.82, 2.24) is 14.6 Å². The second kappa shape index (κ2) is 4.54. The molecule has 0 aliphatic rings. The van der Waals surface area contributed by atoms with E-state index in [9.17, 15) is 0 Å². The standard InChI is InChI=1S/C18H11N3OS/c23-18-20-15(10-11-8-9-19-21(11)18)14-6-3-5-13-12-4-1-2-7-16(12)22-17(13)14/h1-10,19H. The van der Waals surface area contributed by atoms with Crippen LogP contribution in [0.1, 0.15) is 0 Å². The minimum atomic E-state index is 0.496. The second-order valence-electron chi connectivity index (χ2n) is 5.43. The van der Waals surface area contributed by atoms with Crippen LogP contribution in [0.5, 0.6) is 0 Å². The van der Waals surface area contributed by atoms with Gasteiger partial charge in [0.2, 0.25) is 4.77 Å². The number of aromatic amines is 1. The second-order valence-corrected chi connectivity index (χ2v) is 5.79. The van der Waals surface area contributed by atoms with E-state index < -0.39 is 0 Å². The third kappa shape index (κ3) is 1.77. The lowest BCUT2D eigenvalue weighted by molar-refractivity contribution is 0.669. The number of nitrogens with one attached hydrogen (secondary N) is 1. The van der Waals surface area contributed by atoms with Gasteiger partial charge in [0.05, 0.1) is 11.2 Å². The molecular formula is C18H11N3OS. The summed E-state index contributed by atoms with van der Waals surface area (Å²) in [5, 5.41) is 5.25. The van der Waals surface area contributed by atoms with Crippen LogP contribution in [0.15, 0.2) is 65.2 Å². The molecule has 0 bridgehead atoms. The van der Waals surface area contributed by atoms with Crippen LogP contribution >= 0.6 is 12.2 Å². The van der Waals surface area contributed by atoms with E-state index in [4.69, 9.17) is 16.6 Å². The first-order chi connectivity index (χ1) is 11.3. The van der Waals surface area contributed by atoms with Crippen molar-refractivity contribution in [2.24, 2.45) is 0 Å². The van der Waals surface area contributed by atoms with E-state index in [1.54, 1.807) is 4.52 Å². The summed E-state index contributed by atoms with van der Waals surface area (Å²) in [5.74, 6) is 0. The lowest BCUT2D eigenvalue weighted by atomic mass is 10.1. The molecule has 0 saturated carbocycles. The molecule has 3 heterocycles. The average Bonchev–Trinajstić information content (AvgIpc) is 3.18. The van der Waals surface area contributed by atoms with Crippen molar-refractivity contribution in [1.29, 1.82) is 0 Å². The Morgan fingerprint density at radius 1 is 1.00 bits per heavy atom. The first kappa shape index (κ1) is 12.6. The minimum Gasteiger partial charge on any atom is -0.455 e. The predicted octanol–water partition coefficient (Wildman–Crippen LogP) is 4.96. The molecular weight excluding hydrogens is 306 g/mol. The van der Waals surface area contributed by atoms with E-state index in [1.807, 2.05) is 48.7 Å². The topological polar surface area (TPSA) is 46.2 Å². The van der Waals surface area contributed by atoms with Crippen LogP contribution in [0, 0.1) is 4.77 Å². The van der Waals surface area contributed by atoms with Gasteiger partial charge in [-0.1, -0.05) is 30.3 Å². The van der Waals surface area contributed by atoms with Crippen LogP contribution in [0.2, 0.25) is 0 Å². The zero-order valence-corrected chi connectivity index (χ0v) is 12.8. The summed E-state index contributed by atoms with van der Waals surface area (Å²) >= 11 is 5.37. The minimum absolute atomic E-state index is 0.496.